The van der Waals surface area contributed by atoms with Gasteiger partial charge in [-0.3, -0.25) is 0 Å². The summed E-state index contributed by atoms with van der Waals surface area (Å²) in [5.41, 5.74) is 5.45. The van der Waals surface area contributed by atoms with Crippen molar-refractivity contribution in [1.29, 1.82) is 0 Å². The summed E-state index contributed by atoms with van der Waals surface area (Å²) in [5.74, 6) is -1.05. The fraction of sp³-hybridized carbons (Fsp3) is 0.286. The largest absolute Gasteiger partial charge is 0.478 e. The Morgan fingerprint density at radius 1 is 1.64 bits per heavy atom. The number of hydrogen-bond donors (Lipinski definition) is 3. The average Bonchev–Trinajstić information content (AvgIpc) is 1.94. The first kappa shape index (κ1) is 7.97. The number of rotatable bonds is 1. The van der Waals surface area contributed by atoms with E-state index in [9.17, 15) is 4.79 Å². The van der Waals surface area contributed by atoms with Crippen molar-refractivity contribution in [2.45, 2.75) is 12.1 Å². The number of carboxylic acids is 1. The van der Waals surface area contributed by atoms with Gasteiger partial charge in [0.05, 0.1) is 17.7 Å². The van der Waals surface area contributed by atoms with Gasteiger partial charge in [0.1, 0.15) is 0 Å². The summed E-state index contributed by atoms with van der Waals surface area (Å²) in [6.45, 7) is 0. The molecular formula is C7H9NO3. The third-order valence-corrected chi connectivity index (χ3v) is 1.49. The molecule has 0 heterocycles. The van der Waals surface area contributed by atoms with Crippen LogP contribution in [-0.4, -0.2) is 28.3 Å². The molecule has 60 valence electrons. The van der Waals surface area contributed by atoms with E-state index in [1.807, 2.05) is 0 Å². The number of aliphatic hydroxyl groups excluding tert-OH is 1. The topological polar surface area (TPSA) is 83.6 Å². The van der Waals surface area contributed by atoms with Gasteiger partial charge in [-0.25, -0.2) is 4.79 Å². The van der Waals surface area contributed by atoms with E-state index in [2.05, 4.69) is 0 Å². The van der Waals surface area contributed by atoms with Gasteiger partial charge in [-0.2, -0.15) is 0 Å². The Morgan fingerprint density at radius 3 is 2.73 bits per heavy atom. The van der Waals surface area contributed by atoms with Crippen molar-refractivity contribution in [3.05, 3.63) is 23.8 Å². The van der Waals surface area contributed by atoms with Crippen LogP contribution in [0.2, 0.25) is 0 Å². The zero-order valence-corrected chi connectivity index (χ0v) is 5.77. The zero-order valence-electron chi connectivity index (χ0n) is 5.77. The van der Waals surface area contributed by atoms with Crippen molar-refractivity contribution in [1.82, 2.24) is 0 Å². The highest BCUT2D eigenvalue weighted by atomic mass is 16.4. The monoisotopic (exact) mass is 155 g/mol. The van der Waals surface area contributed by atoms with Crippen LogP contribution in [0.5, 0.6) is 0 Å². The molecule has 1 rings (SSSR count). The lowest BCUT2D eigenvalue weighted by Crippen LogP contribution is -2.33. The van der Waals surface area contributed by atoms with Gasteiger partial charge in [0.15, 0.2) is 0 Å². The molecule has 1 aliphatic rings. The van der Waals surface area contributed by atoms with Gasteiger partial charge < -0.3 is 15.9 Å². The van der Waals surface area contributed by atoms with Crippen LogP contribution in [0.1, 0.15) is 0 Å². The van der Waals surface area contributed by atoms with Gasteiger partial charge in [0.25, 0.3) is 0 Å². The smallest absolute Gasteiger partial charge is 0.335 e. The summed E-state index contributed by atoms with van der Waals surface area (Å²) >= 11 is 0. The molecule has 2 unspecified atom stereocenters. The predicted molar refractivity (Wildman–Crippen MR) is 38.8 cm³/mol. The maximum atomic E-state index is 10.3. The van der Waals surface area contributed by atoms with Gasteiger partial charge >= 0.3 is 5.97 Å². The Balaban J connectivity index is 2.80. The number of carbonyl (C=O) groups is 1. The maximum Gasteiger partial charge on any atom is 0.335 e. The minimum absolute atomic E-state index is 0.0826. The van der Waals surface area contributed by atoms with Gasteiger partial charge in [-0.15, -0.1) is 0 Å². The Labute approximate surface area is 63.6 Å². The predicted octanol–water partition coefficient (Wildman–Crippen LogP) is -0.745. The molecule has 0 aromatic rings. The van der Waals surface area contributed by atoms with Crippen LogP contribution in [-0.2, 0) is 4.79 Å². The quantitative estimate of drug-likeness (QED) is 0.465. The normalized spacial score (nSPS) is 29.8. The van der Waals surface area contributed by atoms with Crippen molar-refractivity contribution in [2.24, 2.45) is 5.73 Å². The third kappa shape index (κ3) is 1.66. The van der Waals surface area contributed by atoms with Crippen molar-refractivity contribution in [3.8, 4) is 0 Å². The van der Waals surface area contributed by atoms with Crippen LogP contribution in [0.3, 0.4) is 0 Å². The van der Waals surface area contributed by atoms with Crippen molar-refractivity contribution in [2.75, 3.05) is 0 Å². The van der Waals surface area contributed by atoms with Crippen LogP contribution in [0.4, 0.5) is 0 Å². The molecule has 1 aliphatic carbocycles. The number of carboxylic acid groups (broad SMARTS) is 1. The molecule has 11 heavy (non-hydrogen) atoms. The molecule has 0 bridgehead atoms. The first-order valence-electron chi connectivity index (χ1n) is 3.18. The van der Waals surface area contributed by atoms with Gasteiger partial charge in [-0.05, 0) is 6.08 Å². The number of aliphatic hydroxyl groups is 1. The summed E-state index contributed by atoms with van der Waals surface area (Å²) < 4.78 is 0. The molecule has 0 aromatic heterocycles. The fourth-order valence-electron chi connectivity index (χ4n) is 0.822. The lowest BCUT2D eigenvalue weighted by Gasteiger charge is -2.15. The second kappa shape index (κ2) is 2.86. The van der Waals surface area contributed by atoms with Crippen LogP contribution in [0, 0.1) is 0 Å². The second-order valence-corrected chi connectivity index (χ2v) is 2.35. The van der Waals surface area contributed by atoms with Crippen LogP contribution in [0.15, 0.2) is 23.8 Å². The molecule has 2 atom stereocenters. The lowest BCUT2D eigenvalue weighted by molar-refractivity contribution is -0.132. The van der Waals surface area contributed by atoms with Crippen molar-refractivity contribution < 1.29 is 15.0 Å². The Hall–Kier alpha value is -1.13. The van der Waals surface area contributed by atoms with E-state index in [-0.39, 0.29) is 5.57 Å². The fourth-order valence-corrected chi connectivity index (χ4v) is 0.822. The highest BCUT2D eigenvalue weighted by molar-refractivity contribution is 5.90. The SMILES string of the molecule is NC1C=CC(C(=O)O)=CC1O. The van der Waals surface area contributed by atoms with Gasteiger partial charge in [-0.1, -0.05) is 12.2 Å². The van der Waals surface area contributed by atoms with E-state index in [0.717, 1.165) is 0 Å². The van der Waals surface area contributed by atoms with E-state index in [1.54, 1.807) is 0 Å². The molecule has 0 saturated carbocycles. The molecule has 4 heteroatoms. The minimum Gasteiger partial charge on any atom is -0.478 e. The van der Waals surface area contributed by atoms with Crippen LogP contribution in [0.25, 0.3) is 0 Å². The molecule has 0 saturated heterocycles. The lowest BCUT2D eigenvalue weighted by atomic mass is 10.0. The summed E-state index contributed by atoms with van der Waals surface area (Å²) in [4.78, 5) is 10.3. The second-order valence-electron chi connectivity index (χ2n) is 2.35. The minimum atomic E-state index is -1.05. The molecule has 0 amide bonds. The Kier molecular flexibility index (Phi) is 2.07. The Bertz CT molecular complexity index is 232. The van der Waals surface area contributed by atoms with Crippen molar-refractivity contribution >= 4 is 5.97 Å². The molecule has 4 nitrogen and oxygen atoms in total. The van der Waals surface area contributed by atoms with E-state index in [1.165, 1.54) is 18.2 Å². The summed E-state index contributed by atoms with van der Waals surface area (Å²) in [6, 6.07) is -0.488. The number of hydrogen-bond acceptors (Lipinski definition) is 3. The molecule has 0 aliphatic heterocycles. The first-order valence-corrected chi connectivity index (χ1v) is 3.18. The zero-order chi connectivity index (χ0) is 8.43. The van der Waals surface area contributed by atoms with Gasteiger partial charge in [0, 0.05) is 0 Å². The van der Waals surface area contributed by atoms with Crippen molar-refractivity contribution in [3.63, 3.8) is 0 Å². The van der Waals surface area contributed by atoms with E-state index >= 15 is 0 Å². The molecule has 4 N–H and O–H groups in total. The molecule has 0 aromatic carbocycles. The van der Waals surface area contributed by atoms with Crippen LogP contribution < -0.4 is 5.73 Å². The summed E-state index contributed by atoms with van der Waals surface area (Å²) in [5, 5.41) is 17.6. The standard InChI is InChI=1S/C7H9NO3/c8-5-2-1-4(7(10)11)3-6(5)9/h1-3,5-6,9H,8H2,(H,10,11). The van der Waals surface area contributed by atoms with Gasteiger partial charge in [0.2, 0.25) is 0 Å². The molecular weight excluding hydrogens is 146 g/mol. The maximum absolute atomic E-state index is 10.3. The number of nitrogens with two attached hydrogens (primary N) is 1. The van der Waals surface area contributed by atoms with E-state index in [0.29, 0.717) is 0 Å². The highest BCUT2D eigenvalue weighted by Gasteiger charge is 2.16. The molecule has 0 radical (unpaired) electrons. The highest BCUT2D eigenvalue weighted by Crippen LogP contribution is 2.09. The first-order chi connectivity index (χ1) is 5.11. The molecule has 0 spiro atoms. The average molecular weight is 155 g/mol. The molecule has 0 fully saturated rings. The number of aliphatic carboxylic acids is 1. The Morgan fingerprint density at radius 2 is 2.27 bits per heavy atom. The summed E-state index contributed by atoms with van der Waals surface area (Å²) in [7, 11) is 0. The summed E-state index contributed by atoms with van der Waals surface area (Å²) in [6.07, 6.45) is 3.20. The van der Waals surface area contributed by atoms with E-state index in [4.69, 9.17) is 15.9 Å². The van der Waals surface area contributed by atoms with E-state index < -0.39 is 18.1 Å². The third-order valence-electron chi connectivity index (χ3n) is 1.49. The van der Waals surface area contributed by atoms with Crippen LogP contribution >= 0.6 is 0 Å².